The zero-order valence-corrected chi connectivity index (χ0v) is 17.0. The number of aromatic amines is 1. The van der Waals surface area contributed by atoms with E-state index in [1.807, 2.05) is 42.7 Å². The summed E-state index contributed by atoms with van der Waals surface area (Å²) in [5.41, 5.74) is 2.96. The van der Waals surface area contributed by atoms with Crippen LogP contribution in [0.25, 0.3) is 16.6 Å². The molecule has 154 valence electrons. The van der Waals surface area contributed by atoms with E-state index in [0.29, 0.717) is 16.7 Å². The Balaban J connectivity index is 1.69. The van der Waals surface area contributed by atoms with E-state index in [0.717, 1.165) is 27.3 Å². The van der Waals surface area contributed by atoms with Gasteiger partial charge in [-0.3, -0.25) is 4.79 Å². The average molecular weight is 413 g/mol. The Hall–Kier alpha value is -4.38. The van der Waals surface area contributed by atoms with Crippen LogP contribution in [0.4, 0.5) is 0 Å². The van der Waals surface area contributed by atoms with Crippen LogP contribution in [0.3, 0.4) is 0 Å². The van der Waals surface area contributed by atoms with Crippen LogP contribution in [0.15, 0.2) is 69.3 Å². The van der Waals surface area contributed by atoms with Crippen molar-refractivity contribution >= 4 is 17.1 Å². The van der Waals surface area contributed by atoms with Crippen molar-refractivity contribution in [1.82, 2.24) is 14.2 Å². The molecule has 31 heavy (non-hydrogen) atoms. The van der Waals surface area contributed by atoms with Crippen molar-refractivity contribution in [2.45, 2.75) is 13.8 Å². The van der Waals surface area contributed by atoms with Gasteiger partial charge in [-0.15, -0.1) is 4.68 Å². The van der Waals surface area contributed by atoms with Gasteiger partial charge in [-0.25, -0.2) is 4.79 Å². The minimum absolute atomic E-state index is 0.00515. The number of para-hydroxylation sites is 1. The Morgan fingerprint density at radius 1 is 1.13 bits per heavy atom. The van der Waals surface area contributed by atoms with Crippen molar-refractivity contribution in [3.05, 3.63) is 92.4 Å². The monoisotopic (exact) mass is 413 g/mol. The Bertz CT molecular complexity index is 1450. The first-order chi connectivity index (χ1) is 15.0. The zero-order valence-electron chi connectivity index (χ0n) is 17.0. The molecule has 0 unspecified atom stereocenters. The average Bonchev–Trinajstić information content (AvgIpc) is 3.05. The minimum atomic E-state index is -0.596. The highest BCUT2D eigenvalue weighted by atomic mass is 16.5. The Morgan fingerprint density at radius 3 is 2.61 bits per heavy atom. The molecule has 0 amide bonds. The van der Waals surface area contributed by atoms with Crippen LogP contribution in [0.2, 0.25) is 0 Å². The molecule has 4 aromatic rings. The van der Waals surface area contributed by atoms with Gasteiger partial charge in [0.25, 0.3) is 5.56 Å². The van der Waals surface area contributed by atoms with E-state index in [1.54, 1.807) is 36.4 Å². The van der Waals surface area contributed by atoms with Crippen molar-refractivity contribution in [1.29, 1.82) is 5.26 Å². The molecule has 2 aromatic heterocycles. The number of aromatic nitrogens is 3. The summed E-state index contributed by atoms with van der Waals surface area (Å²) in [7, 11) is 0. The molecule has 2 heterocycles. The van der Waals surface area contributed by atoms with Crippen LogP contribution < -0.4 is 16.0 Å². The number of nitriles is 1. The van der Waals surface area contributed by atoms with E-state index in [9.17, 15) is 9.59 Å². The van der Waals surface area contributed by atoms with Gasteiger partial charge in [-0.2, -0.15) is 10.4 Å². The predicted molar refractivity (Wildman–Crippen MR) is 118 cm³/mol. The molecule has 2 aromatic carbocycles. The van der Waals surface area contributed by atoms with E-state index in [4.69, 9.17) is 10.00 Å². The number of nitrogens with one attached hydrogen (secondary N) is 1. The summed E-state index contributed by atoms with van der Waals surface area (Å²) in [6, 6.07) is 18.1. The summed E-state index contributed by atoms with van der Waals surface area (Å²) < 4.78 is 8.16. The van der Waals surface area contributed by atoms with Gasteiger partial charge >= 0.3 is 5.69 Å². The van der Waals surface area contributed by atoms with Crippen LogP contribution >= 0.6 is 0 Å². The molecule has 0 spiro atoms. The van der Waals surface area contributed by atoms with Crippen LogP contribution in [0, 0.1) is 25.2 Å². The molecule has 8 nitrogen and oxygen atoms in total. The molecule has 1 N–H and O–H groups in total. The normalized spacial score (nSPS) is 11.1. The number of fused-ring (bicyclic) bond motifs is 1. The lowest BCUT2D eigenvalue weighted by molar-refractivity contribution is 0.368. The first kappa shape index (κ1) is 19.9. The number of hydrogen-bond acceptors (Lipinski definition) is 5. The maximum atomic E-state index is 12.6. The van der Waals surface area contributed by atoms with Crippen molar-refractivity contribution in [3.8, 4) is 17.5 Å². The molecule has 0 aliphatic rings. The van der Waals surface area contributed by atoms with Gasteiger partial charge < -0.3 is 14.3 Å². The molecule has 0 bridgehead atoms. The first-order valence-corrected chi connectivity index (χ1v) is 9.57. The lowest BCUT2D eigenvalue weighted by Gasteiger charge is -2.10. The number of H-pyrrole nitrogens is 1. The van der Waals surface area contributed by atoms with E-state index < -0.39 is 11.2 Å². The fourth-order valence-electron chi connectivity index (χ4n) is 3.50. The van der Waals surface area contributed by atoms with E-state index in [-0.39, 0.29) is 6.61 Å². The lowest BCUT2D eigenvalue weighted by atomic mass is 10.2. The number of nitrogens with zero attached hydrogens (tertiary/aromatic N) is 4. The van der Waals surface area contributed by atoms with Gasteiger partial charge in [0.1, 0.15) is 11.8 Å². The predicted octanol–water partition coefficient (Wildman–Crippen LogP) is 2.88. The van der Waals surface area contributed by atoms with Crippen molar-refractivity contribution in [2.24, 2.45) is 5.10 Å². The summed E-state index contributed by atoms with van der Waals surface area (Å²) in [4.78, 5) is 27.6. The van der Waals surface area contributed by atoms with Gasteiger partial charge in [0.2, 0.25) is 0 Å². The molecule has 0 saturated heterocycles. The summed E-state index contributed by atoms with van der Waals surface area (Å²) in [5, 5.41) is 13.2. The summed E-state index contributed by atoms with van der Waals surface area (Å²) in [6.07, 6.45) is 1.51. The molecular weight excluding hydrogens is 394 g/mol. The van der Waals surface area contributed by atoms with Gasteiger partial charge in [0, 0.05) is 22.6 Å². The maximum absolute atomic E-state index is 12.6. The summed E-state index contributed by atoms with van der Waals surface area (Å²) in [5.74, 6) is 0.615. The highest BCUT2D eigenvalue weighted by Crippen LogP contribution is 2.22. The number of aryl methyl sites for hydroxylation is 1. The molecule has 0 aliphatic heterocycles. The number of ether oxygens (including phenoxy) is 1. The molecule has 0 saturated carbocycles. The quantitative estimate of drug-likeness (QED) is 0.508. The highest BCUT2D eigenvalue weighted by Gasteiger charge is 2.11. The Morgan fingerprint density at radius 2 is 1.87 bits per heavy atom. The molecular formula is C23H19N5O3. The number of rotatable bonds is 5. The van der Waals surface area contributed by atoms with Crippen LogP contribution in [-0.4, -0.2) is 27.0 Å². The largest absolute Gasteiger partial charge is 0.479 e. The maximum Gasteiger partial charge on any atom is 0.349 e. The third kappa shape index (κ3) is 3.76. The van der Waals surface area contributed by atoms with Crippen LogP contribution in [0.1, 0.15) is 17.0 Å². The van der Waals surface area contributed by atoms with Crippen molar-refractivity contribution in [3.63, 3.8) is 0 Å². The first-order valence-electron chi connectivity index (χ1n) is 9.57. The summed E-state index contributed by atoms with van der Waals surface area (Å²) in [6.45, 7) is 3.89. The summed E-state index contributed by atoms with van der Waals surface area (Å²) >= 11 is 0. The van der Waals surface area contributed by atoms with Crippen molar-refractivity contribution in [2.75, 3.05) is 6.61 Å². The van der Waals surface area contributed by atoms with Gasteiger partial charge in [-0.1, -0.05) is 12.1 Å². The SMILES string of the molecule is Cc1cc(C=Nn2c(=O)[nH]c3ccccc3c2=O)c(C)n1-c1ccc(OCC#N)cc1. The van der Waals surface area contributed by atoms with E-state index in [1.165, 1.54) is 6.21 Å². The van der Waals surface area contributed by atoms with Crippen LogP contribution in [-0.2, 0) is 0 Å². The molecule has 4 rings (SSSR count). The fourth-order valence-corrected chi connectivity index (χ4v) is 3.50. The van der Waals surface area contributed by atoms with Gasteiger partial charge in [0.05, 0.1) is 17.1 Å². The molecule has 0 atom stereocenters. The molecule has 0 radical (unpaired) electrons. The van der Waals surface area contributed by atoms with Gasteiger partial charge in [0.15, 0.2) is 6.61 Å². The Kier molecular flexibility index (Phi) is 5.24. The molecule has 0 aliphatic carbocycles. The Labute approximate surface area is 177 Å². The van der Waals surface area contributed by atoms with Gasteiger partial charge in [-0.05, 0) is 56.3 Å². The number of benzene rings is 2. The second-order valence-electron chi connectivity index (χ2n) is 6.94. The third-order valence-corrected chi connectivity index (χ3v) is 4.96. The van der Waals surface area contributed by atoms with Crippen molar-refractivity contribution < 1.29 is 4.74 Å². The minimum Gasteiger partial charge on any atom is -0.479 e. The standard InChI is InChI=1S/C23H19N5O3/c1-15-13-17(16(2)27(15)18-7-9-19(10-8-18)31-12-11-24)14-25-28-22(29)20-5-3-4-6-21(20)26-23(28)30/h3-10,13-14H,12H2,1-2H3,(H,26,30). The smallest absolute Gasteiger partial charge is 0.349 e. The molecule has 8 heteroatoms. The number of hydrogen-bond donors (Lipinski definition) is 1. The molecule has 0 fully saturated rings. The topological polar surface area (TPSA) is 105 Å². The van der Waals surface area contributed by atoms with Crippen LogP contribution in [0.5, 0.6) is 5.75 Å². The second-order valence-corrected chi connectivity index (χ2v) is 6.94. The lowest BCUT2D eigenvalue weighted by Crippen LogP contribution is -2.32. The second kappa shape index (κ2) is 8.16. The fraction of sp³-hybridized carbons (Fsp3) is 0.130. The van der Waals surface area contributed by atoms with E-state index in [2.05, 4.69) is 10.1 Å². The zero-order chi connectivity index (χ0) is 22.0. The third-order valence-electron chi connectivity index (χ3n) is 4.96. The highest BCUT2D eigenvalue weighted by molar-refractivity contribution is 5.82. The van der Waals surface area contributed by atoms with E-state index >= 15 is 0 Å².